The fourth-order valence-corrected chi connectivity index (χ4v) is 2.35. The van der Waals surface area contributed by atoms with Gasteiger partial charge < -0.3 is 5.73 Å². The lowest BCUT2D eigenvalue weighted by Crippen LogP contribution is -2.26. The largest absolute Gasteiger partial charge is 0.327 e. The Bertz CT molecular complexity index is 475. The van der Waals surface area contributed by atoms with Gasteiger partial charge in [-0.15, -0.1) is 0 Å². The lowest BCUT2D eigenvalue weighted by Gasteiger charge is -2.14. The molecule has 2 N–H and O–H groups in total. The molecule has 2 aromatic carbocycles. The Labute approximate surface area is 114 Å². The third-order valence-corrected chi connectivity index (χ3v) is 3.55. The fourth-order valence-electron chi connectivity index (χ4n) is 2.14. The molecule has 1 atom stereocenters. The number of benzene rings is 2. The molecule has 1 unspecified atom stereocenters. The van der Waals surface area contributed by atoms with Crippen LogP contribution >= 0.6 is 11.6 Å². The summed E-state index contributed by atoms with van der Waals surface area (Å²) in [6.07, 6.45) is 1.70. The first-order chi connectivity index (χ1) is 8.66. The minimum absolute atomic E-state index is 0.103. The van der Waals surface area contributed by atoms with E-state index < -0.39 is 0 Å². The summed E-state index contributed by atoms with van der Waals surface area (Å²) in [5.74, 6) is 0. The van der Waals surface area contributed by atoms with Crippen LogP contribution in [0.3, 0.4) is 0 Å². The van der Waals surface area contributed by atoms with Gasteiger partial charge in [0.2, 0.25) is 0 Å². The molecule has 94 valence electrons. The molecule has 2 heteroatoms. The summed E-state index contributed by atoms with van der Waals surface area (Å²) < 4.78 is 0. The molecule has 1 nitrogen and oxygen atoms in total. The summed E-state index contributed by atoms with van der Waals surface area (Å²) in [5, 5.41) is 0.803. The summed E-state index contributed by atoms with van der Waals surface area (Å²) in [6, 6.07) is 16.4. The lowest BCUT2D eigenvalue weighted by molar-refractivity contribution is 0.663. The van der Waals surface area contributed by atoms with Gasteiger partial charge in [0, 0.05) is 11.1 Å². The average molecular weight is 260 g/mol. The first-order valence-corrected chi connectivity index (χ1v) is 6.58. The highest BCUT2D eigenvalue weighted by Crippen LogP contribution is 2.18. The van der Waals surface area contributed by atoms with Crippen molar-refractivity contribution in [2.45, 2.75) is 25.8 Å². The van der Waals surface area contributed by atoms with Gasteiger partial charge in [-0.25, -0.2) is 0 Å². The van der Waals surface area contributed by atoms with Crippen molar-refractivity contribution in [3.8, 4) is 0 Å². The van der Waals surface area contributed by atoms with Gasteiger partial charge >= 0.3 is 0 Å². The summed E-state index contributed by atoms with van der Waals surface area (Å²) in [4.78, 5) is 0. The lowest BCUT2D eigenvalue weighted by atomic mass is 9.97. The summed E-state index contributed by atoms with van der Waals surface area (Å²) >= 11 is 6.15. The van der Waals surface area contributed by atoms with Crippen molar-refractivity contribution in [2.24, 2.45) is 5.73 Å². The summed E-state index contributed by atoms with van der Waals surface area (Å²) in [6.45, 7) is 2.12. The molecule has 18 heavy (non-hydrogen) atoms. The summed E-state index contributed by atoms with van der Waals surface area (Å²) in [5.41, 5.74) is 9.96. The number of aryl methyl sites for hydroxylation is 1. The zero-order valence-corrected chi connectivity index (χ0v) is 11.3. The van der Waals surface area contributed by atoms with Crippen LogP contribution in [0.4, 0.5) is 0 Å². The highest BCUT2D eigenvalue weighted by molar-refractivity contribution is 6.31. The molecule has 0 saturated carbocycles. The van der Waals surface area contributed by atoms with E-state index in [-0.39, 0.29) is 6.04 Å². The van der Waals surface area contributed by atoms with Gasteiger partial charge in [-0.1, -0.05) is 54.1 Å². The molecular formula is C16H18ClN. The highest BCUT2D eigenvalue weighted by atomic mass is 35.5. The van der Waals surface area contributed by atoms with Crippen LogP contribution in [0.5, 0.6) is 0 Å². The molecule has 0 bridgehead atoms. The monoisotopic (exact) mass is 259 g/mol. The molecule has 0 radical (unpaired) electrons. The molecule has 2 aromatic rings. The predicted octanol–water partition coefficient (Wildman–Crippen LogP) is 3.76. The van der Waals surface area contributed by atoms with Gasteiger partial charge in [-0.2, -0.15) is 0 Å². The van der Waals surface area contributed by atoms with Gasteiger partial charge in [0.15, 0.2) is 0 Å². The third-order valence-electron chi connectivity index (χ3n) is 3.18. The fraction of sp³-hybridized carbons (Fsp3) is 0.250. The van der Waals surface area contributed by atoms with E-state index in [1.165, 1.54) is 11.1 Å². The first-order valence-electron chi connectivity index (χ1n) is 6.20. The molecule has 0 aliphatic carbocycles. The molecule has 2 rings (SSSR count). The van der Waals surface area contributed by atoms with Crippen LogP contribution < -0.4 is 5.73 Å². The Morgan fingerprint density at radius 3 is 2.17 bits per heavy atom. The van der Waals surface area contributed by atoms with E-state index in [2.05, 4.69) is 31.2 Å². The van der Waals surface area contributed by atoms with E-state index in [0.717, 1.165) is 23.4 Å². The standard InChI is InChI=1S/C16H18ClN/c1-12-6-2-3-7-13(12)10-15(18)11-14-8-4-5-9-16(14)17/h2-9,15H,10-11,18H2,1H3. The number of hydrogen-bond donors (Lipinski definition) is 1. The Balaban J connectivity index is 2.04. The zero-order chi connectivity index (χ0) is 13.0. The topological polar surface area (TPSA) is 26.0 Å². The maximum absolute atomic E-state index is 6.22. The molecule has 0 spiro atoms. The van der Waals surface area contributed by atoms with Gasteiger partial charge in [0.25, 0.3) is 0 Å². The molecule has 0 heterocycles. The van der Waals surface area contributed by atoms with Crippen LogP contribution in [0, 0.1) is 6.92 Å². The van der Waals surface area contributed by atoms with Crippen LogP contribution in [0.2, 0.25) is 5.02 Å². The molecule has 0 aliphatic rings. The maximum Gasteiger partial charge on any atom is 0.0438 e. The van der Waals surface area contributed by atoms with Gasteiger partial charge in [0.1, 0.15) is 0 Å². The van der Waals surface area contributed by atoms with E-state index in [1.807, 2.05) is 24.3 Å². The Hall–Kier alpha value is -1.31. The van der Waals surface area contributed by atoms with Crippen LogP contribution in [0.1, 0.15) is 16.7 Å². The van der Waals surface area contributed by atoms with Crippen molar-refractivity contribution in [3.05, 3.63) is 70.2 Å². The van der Waals surface area contributed by atoms with E-state index in [1.54, 1.807) is 0 Å². The predicted molar refractivity (Wildman–Crippen MR) is 78.0 cm³/mol. The van der Waals surface area contributed by atoms with Crippen molar-refractivity contribution in [1.82, 2.24) is 0 Å². The van der Waals surface area contributed by atoms with E-state index >= 15 is 0 Å². The molecule has 0 aliphatic heterocycles. The number of halogens is 1. The van der Waals surface area contributed by atoms with E-state index in [9.17, 15) is 0 Å². The van der Waals surface area contributed by atoms with Crippen molar-refractivity contribution < 1.29 is 0 Å². The van der Waals surface area contributed by atoms with Crippen molar-refractivity contribution in [3.63, 3.8) is 0 Å². The Morgan fingerprint density at radius 2 is 1.50 bits per heavy atom. The average Bonchev–Trinajstić information content (AvgIpc) is 2.35. The van der Waals surface area contributed by atoms with Crippen LogP contribution in [-0.4, -0.2) is 6.04 Å². The van der Waals surface area contributed by atoms with Crippen molar-refractivity contribution in [2.75, 3.05) is 0 Å². The molecule has 0 amide bonds. The van der Waals surface area contributed by atoms with Crippen LogP contribution in [-0.2, 0) is 12.8 Å². The molecule has 0 saturated heterocycles. The SMILES string of the molecule is Cc1ccccc1CC(N)Cc1ccccc1Cl. The van der Waals surface area contributed by atoms with Crippen molar-refractivity contribution >= 4 is 11.6 Å². The zero-order valence-electron chi connectivity index (χ0n) is 10.6. The molecular weight excluding hydrogens is 242 g/mol. The second-order valence-electron chi connectivity index (χ2n) is 4.69. The highest BCUT2D eigenvalue weighted by Gasteiger charge is 2.09. The summed E-state index contributed by atoms with van der Waals surface area (Å²) in [7, 11) is 0. The van der Waals surface area contributed by atoms with E-state index in [0.29, 0.717) is 0 Å². The second kappa shape index (κ2) is 6.03. The van der Waals surface area contributed by atoms with Crippen LogP contribution in [0.15, 0.2) is 48.5 Å². The smallest absolute Gasteiger partial charge is 0.0438 e. The molecule has 0 fully saturated rings. The Kier molecular flexibility index (Phi) is 4.40. The van der Waals surface area contributed by atoms with E-state index in [4.69, 9.17) is 17.3 Å². The second-order valence-corrected chi connectivity index (χ2v) is 5.09. The Morgan fingerprint density at radius 1 is 0.944 bits per heavy atom. The number of hydrogen-bond acceptors (Lipinski definition) is 1. The number of nitrogens with two attached hydrogens (primary N) is 1. The first kappa shape index (κ1) is 13.1. The minimum atomic E-state index is 0.103. The van der Waals surface area contributed by atoms with Crippen molar-refractivity contribution in [1.29, 1.82) is 0 Å². The number of rotatable bonds is 4. The van der Waals surface area contributed by atoms with Gasteiger partial charge in [-0.05, 0) is 42.5 Å². The minimum Gasteiger partial charge on any atom is -0.327 e. The molecule has 0 aromatic heterocycles. The quantitative estimate of drug-likeness (QED) is 0.889. The van der Waals surface area contributed by atoms with Crippen LogP contribution in [0.25, 0.3) is 0 Å². The normalized spacial score (nSPS) is 12.4. The van der Waals surface area contributed by atoms with Gasteiger partial charge in [0.05, 0.1) is 0 Å². The third kappa shape index (κ3) is 3.34. The maximum atomic E-state index is 6.22. The van der Waals surface area contributed by atoms with Gasteiger partial charge in [-0.3, -0.25) is 0 Å².